The second-order valence-corrected chi connectivity index (χ2v) is 6.41. The Hall–Kier alpha value is -2.94. The van der Waals surface area contributed by atoms with Gasteiger partial charge in [-0.25, -0.2) is 4.79 Å². The lowest BCUT2D eigenvalue weighted by molar-refractivity contribution is -0.137. The van der Waals surface area contributed by atoms with E-state index in [1.54, 1.807) is 30.3 Å². The van der Waals surface area contributed by atoms with Gasteiger partial charge in [0.05, 0.1) is 10.6 Å². The highest BCUT2D eigenvalue weighted by Crippen LogP contribution is 2.33. The summed E-state index contributed by atoms with van der Waals surface area (Å²) in [6.07, 6.45) is -4.41. The Balaban J connectivity index is 1.85. The molecule has 0 bridgehead atoms. The average Bonchev–Trinajstić information content (AvgIpc) is 2.60. The normalized spacial score (nSPS) is 11.5. The zero-order valence-corrected chi connectivity index (χ0v) is 13.8. The Morgan fingerprint density at radius 2 is 1.65 bits per heavy atom. The van der Waals surface area contributed by atoms with Crippen molar-refractivity contribution in [2.45, 2.75) is 16.1 Å². The fourth-order valence-electron chi connectivity index (χ4n) is 2.24. The van der Waals surface area contributed by atoms with Crippen LogP contribution in [0.1, 0.15) is 5.56 Å². The summed E-state index contributed by atoms with van der Waals surface area (Å²) in [5, 5.41) is 9.34. The molecule has 134 valence electrons. The molecule has 0 unspecified atom stereocenters. The Kier molecular flexibility index (Phi) is 4.64. The fourth-order valence-corrected chi connectivity index (χ4v) is 3.06. The van der Waals surface area contributed by atoms with E-state index in [1.165, 1.54) is 6.07 Å². The fraction of sp³-hybridized carbons (Fsp3) is 0.0588. The summed E-state index contributed by atoms with van der Waals surface area (Å²) >= 11 is 1.08. The van der Waals surface area contributed by atoms with Gasteiger partial charge in [-0.05, 0) is 35.4 Å². The van der Waals surface area contributed by atoms with Gasteiger partial charge in [-0.2, -0.15) is 13.2 Å². The maximum atomic E-state index is 12.8. The molecule has 3 rings (SSSR count). The van der Waals surface area contributed by atoms with Crippen LogP contribution in [0.15, 0.2) is 74.1 Å². The number of hydrogen-bond acceptors (Lipinski definition) is 4. The van der Waals surface area contributed by atoms with Gasteiger partial charge in [-0.3, -0.25) is 9.78 Å². The second-order valence-electron chi connectivity index (χ2n) is 5.29. The molecule has 1 heterocycles. The van der Waals surface area contributed by atoms with E-state index in [2.05, 4.69) is 4.98 Å². The molecule has 0 radical (unpaired) electrons. The van der Waals surface area contributed by atoms with Crippen LogP contribution < -0.4 is 11.2 Å². The average molecular weight is 380 g/mol. The molecule has 2 N–H and O–H groups in total. The van der Waals surface area contributed by atoms with E-state index < -0.39 is 23.0 Å². The first-order valence-corrected chi connectivity index (χ1v) is 8.07. The minimum absolute atomic E-state index is 0.0409. The number of hydrogen-bond donors (Lipinski definition) is 2. The van der Waals surface area contributed by atoms with Crippen molar-refractivity contribution in [2.24, 2.45) is 0 Å². The van der Waals surface area contributed by atoms with Gasteiger partial charge in [0.2, 0.25) is 0 Å². The summed E-state index contributed by atoms with van der Waals surface area (Å²) in [5.41, 5.74) is -1.53. The summed E-state index contributed by atoms with van der Waals surface area (Å²) in [5.74, 6) is 0. The number of nitrogens with one attached hydrogen (secondary N) is 1. The van der Waals surface area contributed by atoms with Crippen LogP contribution in [-0.4, -0.2) is 14.9 Å². The van der Waals surface area contributed by atoms with Crippen molar-refractivity contribution in [3.05, 3.63) is 81.0 Å². The Labute approximate surface area is 148 Å². The van der Waals surface area contributed by atoms with Crippen LogP contribution in [0.5, 0.6) is 0 Å². The molecule has 0 saturated heterocycles. The number of H-pyrrole nitrogens is 1. The van der Waals surface area contributed by atoms with Crippen molar-refractivity contribution in [1.82, 2.24) is 9.71 Å². The van der Waals surface area contributed by atoms with Gasteiger partial charge in [-0.1, -0.05) is 40.8 Å². The highest BCUT2D eigenvalue weighted by atomic mass is 32.2. The first-order chi connectivity index (χ1) is 12.2. The Morgan fingerprint density at radius 3 is 2.27 bits per heavy atom. The predicted octanol–water partition coefficient (Wildman–Crippen LogP) is 3.61. The van der Waals surface area contributed by atoms with E-state index in [0.29, 0.717) is 16.0 Å². The molecular weight excluding hydrogens is 369 g/mol. The third-order valence-electron chi connectivity index (χ3n) is 3.49. The zero-order chi connectivity index (χ0) is 18.9. The minimum Gasteiger partial charge on any atom is -0.421 e. The Bertz CT molecular complexity index is 1030. The van der Waals surface area contributed by atoms with E-state index in [9.17, 15) is 22.8 Å². The highest BCUT2D eigenvalue weighted by molar-refractivity contribution is 7.99. The zero-order valence-electron chi connectivity index (χ0n) is 12.9. The van der Waals surface area contributed by atoms with Gasteiger partial charge in [0, 0.05) is 11.0 Å². The molecule has 26 heavy (non-hydrogen) atoms. The molecule has 1 aromatic heterocycles. The van der Waals surface area contributed by atoms with Crippen molar-refractivity contribution in [1.29, 1.82) is 0 Å². The first-order valence-electron chi connectivity index (χ1n) is 7.25. The van der Waals surface area contributed by atoms with Gasteiger partial charge in [0.25, 0.3) is 5.56 Å². The largest absolute Gasteiger partial charge is 0.421 e. The van der Waals surface area contributed by atoms with Crippen LogP contribution in [0, 0.1) is 0 Å². The van der Waals surface area contributed by atoms with Gasteiger partial charge >= 0.3 is 11.9 Å². The maximum Gasteiger partial charge on any atom is 0.416 e. The van der Waals surface area contributed by atoms with E-state index in [-0.39, 0.29) is 9.76 Å². The summed E-state index contributed by atoms with van der Waals surface area (Å²) < 4.78 is 38.4. The van der Waals surface area contributed by atoms with Crippen LogP contribution >= 0.6 is 11.8 Å². The van der Waals surface area contributed by atoms with Crippen molar-refractivity contribution in [2.75, 3.05) is 0 Å². The topological polar surface area (TPSA) is 75.1 Å². The SMILES string of the molecule is O=c1cc(Sc2ccc(-c3cccc(C(F)(F)F)c3)cc2)[nH]c(=O)n1O. The van der Waals surface area contributed by atoms with Crippen molar-refractivity contribution < 1.29 is 18.4 Å². The monoisotopic (exact) mass is 380 g/mol. The van der Waals surface area contributed by atoms with Gasteiger partial charge < -0.3 is 5.21 Å². The van der Waals surface area contributed by atoms with Crippen LogP contribution in [0.4, 0.5) is 13.2 Å². The first kappa shape index (κ1) is 17.9. The number of aromatic nitrogens is 2. The summed E-state index contributed by atoms with van der Waals surface area (Å²) in [6.45, 7) is 0. The molecule has 0 spiro atoms. The lowest BCUT2D eigenvalue weighted by atomic mass is 10.0. The predicted molar refractivity (Wildman–Crippen MR) is 89.5 cm³/mol. The molecular formula is C17H11F3N2O3S. The summed E-state index contributed by atoms with van der Waals surface area (Å²) in [4.78, 5) is 25.7. The van der Waals surface area contributed by atoms with Crippen molar-refractivity contribution >= 4 is 11.8 Å². The molecule has 9 heteroatoms. The van der Waals surface area contributed by atoms with E-state index in [0.717, 1.165) is 30.0 Å². The number of halogens is 3. The number of nitrogens with zero attached hydrogens (tertiary/aromatic N) is 1. The molecule has 0 atom stereocenters. The van der Waals surface area contributed by atoms with E-state index in [1.807, 2.05) is 0 Å². The van der Waals surface area contributed by atoms with Crippen LogP contribution in [0.25, 0.3) is 11.1 Å². The maximum absolute atomic E-state index is 12.8. The quantitative estimate of drug-likeness (QED) is 0.538. The minimum atomic E-state index is -4.41. The molecule has 0 aliphatic rings. The summed E-state index contributed by atoms with van der Waals surface area (Å²) in [7, 11) is 0. The molecule has 0 aliphatic heterocycles. The molecule has 2 aromatic carbocycles. The van der Waals surface area contributed by atoms with E-state index in [4.69, 9.17) is 5.21 Å². The van der Waals surface area contributed by atoms with Crippen LogP contribution in [-0.2, 0) is 6.18 Å². The number of benzene rings is 2. The van der Waals surface area contributed by atoms with Crippen LogP contribution in [0.2, 0.25) is 0 Å². The van der Waals surface area contributed by atoms with Crippen molar-refractivity contribution in [3.8, 4) is 11.1 Å². The van der Waals surface area contributed by atoms with Gasteiger partial charge in [-0.15, -0.1) is 0 Å². The third-order valence-corrected chi connectivity index (χ3v) is 4.44. The number of aromatic amines is 1. The molecule has 5 nitrogen and oxygen atoms in total. The third kappa shape index (κ3) is 3.83. The molecule has 3 aromatic rings. The van der Waals surface area contributed by atoms with Gasteiger partial charge in [0.15, 0.2) is 0 Å². The molecule has 0 saturated carbocycles. The lowest BCUT2D eigenvalue weighted by Crippen LogP contribution is -2.32. The molecule has 0 aliphatic carbocycles. The van der Waals surface area contributed by atoms with Gasteiger partial charge in [0.1, 0.15) is 0 Å². The summed E-state index contributed by atoms with van der Waals surface area (Å²) in [6, 6.07) is 12.7. The molecule has 0 amide bonds. The van der Waals surface area contributed by atoms with E-state index >= 15 is 0 Å². The molecule has 0 fully saturated rings. The van der Waals surface area contributed by atoms with Crippen LogP contribution in [0.3, 0.4) is 0 Å². The Morgan fingerprint density at radius 1 is 0.962 bits per heavy atom. The van der Waals surface area contributed by atoms with Crippen molar-refractivity contribution in [3.63, 3.8) is 0 Å². The standard InChI is InChI=1S/C17H11F3N2O3S/c18-17(19,20)12-3-1-2-11(8-12)10-4-6-13(7-5-10)26-14-9-15(23)22(25)16(24)21-14/h1-9,25H,(H,21,24). The second kappa shape index (κ2) is 6.75. The highest BCUT2D eigenvalue weighted by Gasteiger charge is 2.30. The lowest BCUT2D eigenvalue weighted by Gasteiger charge is -2.09. The number of rotatable bonds is 3. The number of alkyl halides is 3. The smallest absolute Gasteiger partial charge is 0.416 e.